The van der Waals surface area contributed by atoms with E-state index < -0.39 is 12.4 Å². The summed E-state index contributed by atoms with van der Waals surface area (Å²) in [6.07, 6.45) is -1.72. The van der Waals surface area contributed by atoms with Crippen molar-refractivity contribution in [2.75, 3.05) is 10.6 Å². The van der Waals surface area contributed by atoms with Crippen molar-refractivity contribution in [1.82, 2.24) is 24.7 Å². The fourth-order valence-corrected chi connectivity index (χ4v) is 3.81. The largest absolute Gasteiger partial charge is 0.573 e. The molecule has 0 fully saturated rings. The van der Waals surface area contributed by atoms with Gasteiger partial charge in [-0.05, 0) is 67.4 Å². The number of halogens is 3. The number of aromatic nitrogens is 5. The highest BCUT2D eigenvalue weighted by Crippen LogP contribution is 2.25. The van der Waals surface area contributed by atoms with E-state index in [0.29, 0.717) is 28.0 Å². The van der Waals surface area contributed by atoms with E-state index >= 15 is 0 Å². The summed E-state index contributed by atoms with van der Waals surface area (Å²) >= 11 is 0. The van der Waals surface area contributed by atoms with E-state index in [9.17, 15) is 18.0 Å². The minimum Gasteiger partial charge on any atom is -0.406 e. The molecule has 0 radical (unpaired) electrons. The van der Waals surface area contributed by atoms with Crippen LogP contribution < -0.4 is 15.4 Å². The molecule has 2 N–H and O–H groups in total. The minimum absolute atomic E-state index is 0.148. The first-order valence-corrected chi connectivity index (χ1v) is 11.3. The van der Waals surface area contributed by atoms with Crippen molar-refractivity contribution in [2.45, 2.75) is 20.2 Å². The lowest BCUT2D eigenvalue weighted by Crippen LogP contribution is -2.21. The third kappa shape index (κ3) is 5.53. The van der Waals surface area contributed by atoms with Crippen LogP contribution in [-0.4, -0.2) is 37.1 Å². The Kier molecular flexibility index (Phi) is 6.37. The number of hydrogen-bond donors (Lipinski definition) is 2. The van der Waals surface area contributed by atoms with E-state index in [1.807, 2.05) is 32.0 Å². The Balaban J connectivity index is 1.30. The first kappa shape index (κ1) is 24.7. The summed E-state index contributed by atoms with van der Waals surface area (Å²) in [5.41, 5.74) is 4.41. The van der Waals surface area contributed by atoms with Crippen LogP contribution in [0, 0.1) is 13.8 Å². The van der Waals surface area contributed by atoms with Crippen LogP contribution in [0.5, 0.6) is 5.75 Å². The van der Waals surface area contributed by atoms with E-state index in [1.54, 1.807) is 24.4 Å². The van der Waals surface area contributed by atoms with Crippen LogP contribution in [0.1, 0.15) is 11.1 Å². The molecule has 2 aromatic heterocycles. The zero-order valence-corrected chi connectivity index (χ0v) is 20.1. The summed E-state index contributed by atoms with van der Waals surface area (Å²) in [5.74, 6) is 0.222. The lowest BCUT2D eigenvalue weighted by Gasteiger charge is -2.12. The predicted molar refractivity (Wildman–Crippen MR) is 135 cm³/mol. The minimum atomic E-state index is -4.76. The average Bonchev–Trinajstić information content (AvgIpc) is 3.36. The van der Waals surface area contributed by atoms with E-state index in [4.69, 9.17) is 0 Å². The number of carbonyl (C=O) groups is 1. The molecule has 38 heavy (non-hydrogen) atoms. The molecule has 9 nitrogen and oxygen atoms in total. The Hall–Kier alpha value is -5.00. The van der Waals surface area contributed by atoms with Crippen LogP contribution in [0.4, 0.5) is 29.6 Å². The molecular weight excluding hydrogens is 499 g/mol. The third-order valence-electron chi connectivity index (χ3n) is 5.61. The van der Waals surface area contributed by atoms with Crippen LogP contribution in [0.15, 0.2) is 73.2 Å². The molecule has 0 saturated carbocycles. The van der Waals surface area contributed by atoms with Gasteiger partial charge in [-0.15, -0.1) is 18.3 Å². The van der Waals surface area contributed by atoms with Crippen molar-refractivity contribution in [2.24, 2.45) is 0 Å². The number of amides is 2. The number of carbonyl (C=O) groups excluding carboxylic acids is 1. The summed E-state index contributed by atoms with van der Waals surface area (Å²) in [5, 5.41) is 10.6. The van der Waals surface area contributed by atoms with Crippen LogP contribution in [0.3, 0.4) is 0 Å². The van der Waals surface area contributed by atoms with Crippen LogP contribution >= 0.6 is 0 Å². The lowest BCUT2D eigenvalue weighted by molar-refractivity contribution is -0.274. The van der Waals surface area contributed by atoms with Gasteiger partial charge in [0.1, 0.15) is 12.1 Å². The second kappa shape index (κ2) is 9.81. The number of alkyl halides is 3. The van der Waals surface area contributed by atoms with Crippen LogP contribution in [0.25, 0.3) is 28.0 Å². The lowest BCUT2D eigenvalue weighted by atomic mass is 10.1. The van der Waals surface area contributed by atoms with Gasteiger partial charge in [0.15, 0.2) is 5.82 Å². The van der Waals surface area contributed by atoms with Crippen LogP contribution in [-0.2, 0) is 0 Å². The van der Waals surface area contributed by atoms with E-state index in [-0.39, 0.29) is 11.7 Å². The number of nitrogens with zero attached hydrogens (tertiary/aromatic N) is 5. The zero-order valence-electron chi connectivity index (χ0n) is 20.1. The molecule has 192 valence electrons. The quantitative estimate of drug-likeness (QED) is 0.293. The molecule has 0 atom stereocenters. The zero-order chi connectivity index (χ0) is 26.9. The molecular formula is C26H20F3N7O2. The summed E-state index contributed by atoms with van der Waals surface area (Å²) < 4.78 is 42.4. The molecule has 0 aliphatic heterocycles. The van der Waals surface area contributed by atoms with E-state index in [0.717, 1.165) is 16.8 Å². The number of ether oxygens (including phenoxy) is 1. The van der Waals surface area contributed by atoms with Gasteiger partial charge in [0, 0.05) is 22.8 Å². The summed E-state index contributed by atoms with van der Waals surface area (Å²) in [6.45, 7) is 3.82. The van der Waals surface area contributed by atoms with Gasteiger partial charge in [-0.25, -0.2) is 24.4 Å². The molecule has 0 saturated heterocycles. The van der Waals surface area contributed by atoms with Gasteiger partial charge in [-0.1, -0.05) is 18.2 Å². The van der Waals surface area contributed by atoms with Crippen molar-refractivity contribution >= 4 is 28.6 Å². The average molecular weight is 519 g/mol. The molecule has 0 unspecified atom stereocenters. The van der Waals surface area contributed by atoms with Crippen molar-refractivity contribution < 1.29 is 22.7 Å². The maximum absolute atomic E-state index is 12.5. The Morgan fingerprint density at radius 2 is 1.68 bits per heavy atom. The number of anilines is 2. The summed E-state index contributed by atoms with van der Waals surface area (Å²) in [7, 11) is 0. The van der Waals surface area contributed by atoms with Crippen molar-refractivity contribution in [3.63, 3.8) is 0 Å². The molecule has 5 aromatic rings. The van der Waals surface area contributed by atoms with Gasteiger partial charge in [-0.3, -0.25) is 5.32 Å². The van der Waals surface area contributed by atoms with Crippen molar-refractivity contribution in [1.29, 1.82) is 0 Å². The normalized spacial score (nSPS) is 11.4. The number of para-hydroxylation sites is 1. The molecule has 2 heterocycles. The van der Waals surface area contributed by atoms with E-state index in [1.165, 1.54) is 35.3 Å². The van der Waals surface area contributed by atoms with E-state index in [2.05, 4.69) is 35.4 Å². The molecule has 5 rings (SSSR count). The summed E-state index contributed by atoms with van der Waals surface area (Å²) in [4.78, 5) is 25.4. The van der Waals surface area contributed by atoms with Crippen molar-refractivity contribution in [3.8, 4) is 22.8 Å². The molecule has 0 aliphatic carbocycles. The molecule has 12 heteroatoms. The summed E-state index contributed by atoms with van der Waals surface area (Å²) in [6, 6.07) is 15.9. The SMILES string of the molecule is Cc1cccc(C)c1NC(=O)Nc1ncc2cc(-c3ncn(-c4ccc(OC(F)(F)F)cc4)n3)ccc2n1. The van der Waals surface area contributed by atoms with Gasteiger partial charge in [0.25, 0.3) is 0 Å². The Morgan fingerprint density at radius 1 is 0.947 bits per heavy atom. The number of urea groups is 1. The monoisotopic (exact) mass is 519 g/mol. The second-order valence-corrected chi connectivity index (χ2v) is 8.37. The second-order valence-electron chi connectivity index (χ2n) is 8.37. The highest BCUT2D eigenvalue weighted by Gasteiger charge is 2.31. The maximum Gasteiger partial charge on any atom is 0.573 e. The number of aryl methyl sites for hydroxylation is 2. The predicted octanol–water partition coefficient (Wildman–Crippen LogP) is 6.04. The number of fused-ring (bicyclic) bond motifs is 1. The number of benzene rings is 3. The molecule has 0 aliphatic rings. The number of nitrogens with one attached hydrogen (secondary N) is 2. The fraction of sp³-hybridized carbons (Fsp3) is 0.115. The number of rotatable bonds is 5. The van der Waals surface area contributed by atoms with Crippen molar-refractivity contribution in [3.05, 3.63) is 84.3 Å². The molecule has 3 aromatic carbocycles. The number of hydrogen-bond acceptors (Lipinski definition) is 6. The third-order valence-corrected chi connectivity index (χ3v) is 5.61. The highest BCUT2D eigenvalue weighted by atomic mass is 19.4. The van der Waals surface area contributed by atoms with Gasteiger partial charge < -0.3 is 10.1 Å². The first-order valence-electron chi connectivity index (χ1n) is 11.3. The standard InChI is InChI=1S/C26H20F3N7O2/c1-15-4-3-5-16(2)22(15)33-25(37)34-24-30-13-18-12-17(6-11-21(18)32-24)23-31-14-36(35-23)19-7-9-20(10-8-19)38-26(27,28)29/h3-14H,1-2H3,(H2,30,32,33,34,37). The van der Waals surface area contributed by atoms with Gasteiger partial charge in [0.2, 0.25) is 5.95 Å². The molecule has 2 amide bonds. The molecule has 0 spiro atoms. The maximum atomic E-state index is 12.5. The highest BCUT2D eigenvalue weighted by molar-refractivity contribution is 6.00. The Labute approximate surface area is 214 Å². The smallest absolute Gasteiger partial charge is 0.406 e. The van der Waals surface area contributed by atoms with Crippen LogP contribution in [0.2, 0.25) is 0 Å². The molecule has 0 bridgehead atoms. The Bertz CT molecular complexity index is 1610. The Morgan fingerprint density at radius 3 is 2.39 bits per heavy atom. The van der Waals surface area contributed by atoms with Gasteiger partial charge in [0.05, 0.1) is 11.2 Å². The van der Waals surface area contributed by atoms with Gasteiger partial charge in [-0.2, -0.15) is 0 Å². The topological polar surface area (TPSA) is 107 Å². The first-order chi connectivity index (χ1) is 18.1. The fourth-order valence-electron chi connectivity index (χ4n) is 3.81. The van der Waals surface area contributed by atoms with Gasteiger partial charge >= 0.3 is 12.4 Å².